The molecular formula is C12H10F2N2O3S. The summed E-state index contributed by atoms with van der Waals surface area (Å²) in [6.07, 6.45) is 0. The summed E-state index contributed by atoms with van der Waals surface area (Å²) in [5.74, 6) is -2.50. The summed E-state index contributed by atoms with van der Waals surface area (Å²) in [7, 11) is -3.95. The lowest BCUT2D eigenvalue weighted by molar-refractivity contribution is 0.416. The van der Waals surface area contributed by atoms with Crippen molar-refractivity contribution in [2.45, 2.75) is 4.90 Å². The van der Waals surface area contributed by atoms with E-state index in [1.54, 1.807) is 0 Å². The van der Waals surface area contributed by atoms with Crippen molar-refractivity contribution in [1.82, 2.24) is 0 Å². The van der Waals surface area contributed by atoms with Crippen molar-refractivity contribution in [3.63, 3.8) is 0 Å². The monoisotopic (exact) mass is 300 g/mol. The van der Waals surface area contributed by atoms with Crippen LogP contribution in [0, 0.1) is 11.6 Å². The van der Waals surface area contributed by atoms with Crippen LogP contribution in [-0.4, -0.2) is 8.42 Å². The highest BCUT2D eigenvalue weighted by Crippen LogP contribution is 2.29. The van der Waals surface area contributed by atoms with Gasteiger partial charge in [0.2, 0.25) is 15.8 Å². The van der Waals surface area contributed by atoms with Gasteiger partial charge in [0.15, 0.2) is 11.6 Å². The number of halogens is 2. The molecule has 0 aliphatic heterocycles. The van der Waals surface area contributed by atoms with E-state index in [0.717, 1.165) is 18.2 Å². The lowest BCUT2D eigenvalue weighted by Crippen LogP contribution is -2.14. The van der Waals surface area contributed by atoms with Crippen LogP contribution in [0.4, 0.5) is 14.5 Å². The number of ether oxygens (including phenoxy) is 1. The third-order valence-electron chi connectivity index (χ3n) is 2.43. The number of nitrogen functional groups attached to an aromatic ring is 1. The molecule has 0 fully saturated rings. The highest BCUT2D eigenvalue weighted by molar-refractivity contribution is 7.89. The lowest BCUT2D eigenvalue weighted by Gasteiger charge is -2.09. The van der Waals surface area contributed by atoms with Crippen molar-refractivity contribution in [1.29, 1.82) is 0 Å². The van der Waals surface area contributed by atoms with Crippen LogP contribution in [0.5, 0.6) is 11.5 Å². The fourth-order valence-corrected chi connectivity index (χ4v) is 2.18. The molecule has 8 heteroatoms. The summed E-state index contributed by atoms with van der Waals surface area (Å²) < 4.78 is 53.9. The van der Waals surface area contributed by atoms with Crippen LogP contribution in [0.1, 0.15) is 0 Å². The fourth-order valence-electron chi connectivity index (χ4n) is 1.54. The average Bonchev–Trinajstić information content (AvgIpc) is 2.33. The number of rotatable bonds is 3. The molecule has 0 aliphatic rings. The largest absolute Gasteiger partial charge is 0.454 e. The Morgan fingerprint density at radius 3 is 2.40 bits per heavy atom. The van der Waals surface area contributed by atoms with Gasteiger partial charge in [0.05, 0.1) is 5.69 Å². The summed E-state index contributed by atoms with van der Waals surface area (Å²) in [5.41, 5.74) is 5.37. The van der Waals surface area contributed by atoms with Crippen molar-refractivity contribution in [2.75, 3.05) is 5.73 Å². The molecule has 0 aromatic heterocycles. The maximum Gasteiger partial charge on any atom is 0.240 e. The maximum atomic E-state index is 13.4. The fraction of sp³-hybridized carbons (Fsp3) is 0. The zero-order valence-electron chi connectivity index (χ0n) is 10.0. The molecule has 0 bridgehead atoms. The van der Waals surface area contributed by atoms with Gasteiger partial charge < -0.3 is 10.5 Å². The van der Waals surface area contributed by atoms with E-state index in [9.17, 15) is 17.2 Å². The van der Waals surface area contributed by atoms with Gasteiger partial charge in [0.25, 0.3) is 0 Å². The minimum atomic E-state index is -3.95. The van der Waals surface area contributed by atoms with Crippen LogP contribution < -0.4 is 15.6 Å². The molecule has 2 rings (SSSR count). The summed E-state index contributed by atoms with van der Waals surface area (Å²) >= 11 is 0. The molecule has 0 aliphatic carbocycles. The first-order chi connectivity index (χ1) is 9.29. The summed E-state index contributed by atoms with van der Waals surface area (Å²) in [5, 5.41) is 4.95. The quantitative estimate of drug-likeness (QED) is 0.847. The number of nitrogens with two attached hydrogens (primary N) is 2. The van der Waals surface area contributed by atoms with E-state index in [1.165, 1.54) is 18.2 Å². The van der Waals surface area contributed by atoms with Crippen molar-refractivity contribution < 1.29 is 21.9 Å². The molecular weight excluding hydrogens is 290 g/mol. The molecule has 0 radical (unpaired) electrons. The minimum Gasteiger partial charge on any atom is -0.454 e. The smallest absolute Gasteiger partial charge is 0.240 e. The zero-order chi connectivity index (χ0) is 14.9. The number of hydrogen-bond acceptors (Lipinski definition) is 4. The second kappa shape index (κ2) is 5.06. The van der Waals surface area contributed by atoms with Crippen LogP contribution in [0.3, 0.4) is 0 Å². The molecule has 20 heavy (non-hydrogen) atoms. The van der Waals surface area contributed by atoms with E-state index in [4.69, 9.17) is 15.6 Å². The van der Waals surface area contributed by atoms with Crippen LogP contribution in [0.2, 0.25) is 0 Å². The highest BCUT2D eigenvalue weighted by Gasteiger charge is 2.14. The van der Waals surface area contributed by atoms with Gasteiger partial charge in [-0.3, -0.25) is 0 Å². The Labute approximate surface area is 113 Å². The Bertz CT molecular complexity index is 763. The van der Waals surface area contributed by atoms with E-state index in [-0.39, 0.29) is 22.1 Å². The molecule has 4 N–H and O–H groups in total. The van der Waals surface area contributed by atoms with Crippen LogP contribution in [-0.2, 0) is 10.0 Å². The van der Waals surface area contributed by atoms with E-state index in [2.05, 4.69) is 0 Å². The van der Waals surface area contributed by atoms with Crippen molar-refractivity contribution >= 4 is 15.7 Å². The normalized spacial score (nSPS) is 11.3. The second-order valence-electron chi connectivity index (χ2n) is 3.90. The molecule has 0 saturated carbocycles. The van der Waals surface area contributed by atoms with Gasteiger partial charge >= 0.3 is 0 Å². The first-order valence-electron chi connectivity index (χ1n) is 5.33. The van der Waals surface area contributed by atoms with Crippen molar-refractivity contribution in [3.8, 4) is 11.5 Å². The van der Waals surface area contributed by atoms with Crippen molar-refractivity contribution in [3.05, 3.63) is 48.0 Å². The first kappa shape index (κ1) is 14.2. The molecule has 0 unspecified atom stereocenters. The summed E-state index contributed by atoms with van der Waals surface area (Å²) in [6.45, 7) is 0. The van der Waals surface area contributed by atoms with Crippen molar-refractivity contribution in [2.24, 2.45) is 5.14 Å². The Morgan fingerprint density at radius 2 is 1.80 bits per heavy atom. The number of primary sulfonamides is 1. The Morgan fingerprint density at radius 1 is 1.10 bits per heavy atom. The standard InChI is InChI=1S/C12H10F2N2O3S/c13-8-2-1-3-10(12(8)14)19-7-4-5-11(9(15)6-7)20(16,17)18/h1-6H,15H2,(H2,16,17,18). The van der Waals surface area contributed by atoms with Crippen LogP contribution in [0.25, 0.3) is 0 Å². The Hall–Kier alpha value is -2.19. The maximum absolute atomic E-state index is 13.4. The molecule has 0 amide bonds. The number of anilines is 1. The molecule has 0 heterocycles. The lowest BCUT2D eigenvalue weighted by atomic mass is 10.3. The average molecular weight is 300 g/mol. The van der Waals surface area contributed by atoms with Gasteiger partial charge in [-0.15, -0.1) is 0 Å². The first-order valence-corrected chi connectivity index (χ1v) is 6.88. The summed E-state index contributed by atoms with van der Waals surface area (Å²) in [4.78, 5) is -0.274. The van der Waals surface area contributed by atoms with E-state index in [0.29, 0.717) is 0 Å². The second-order valence-corrected chi connectivity index (χ2v) is 5.43. The number of benzene rings is 2. The molecule has 2 aromatic carbocycles. The van der Waals surface area contributed by atoms with Crippen LogP contribution >= 0.6 is 0 Å². The van der Waals surface area contributed by atoms with Crippen LogP contribution in [0.15, 0.2) is 41.3 Å². The highest BCUT2D eigenvalue weighted by atomic mass is 32.2. The van der Waals surface area contributed by atoms with E-state index in [1.807, 2.05) is 0 Å². The molecule has 0 atom stereocenters. The molecule has 0 spiro atoms. The SMILES string of the molecule is Nc1cc(Oc2cccc(F)c2F)ccc1S(N)(=O)=O. The third-order valence-corrected chi connectivity index (χ3v) is 3.42. The van der Waals surface area contributed by atoms with E-state index < -0.39 is 21.7 Å². The molecule has 106 valence electrons. The van der Waals surface area contributed by atoms with Gasteiger partial charge in [-0.2, -0.15) is 4.39 Å². The number of hydrogen-bond donors (Lipinski definition) is 2. The van der Waals surface area contributed by atoms with Gasteiger partial charge in [-0.05, 0) is 24.3 Å². The molecule has 5 nitrogen and oxygen atoms in total. The zero-order valence-corrected chi connectivity index (χ0v) is 10.8. The molecule has 0 saturated heterocycles. The van der Waals surface area contributed by atoms with Gasteiger partial charge in [-0.1, -0.05) is 6.07 Å². The predicted molar refractivity (Wildman–Crippen MR) is 68.7 cm³/mol. The third kappa shape index (κ3) is 2.86. The van der Waals surface area contributed by atoms with Gasteiger partial charge in [-0.25, -0.2) is 17.9 Å². The Kier molecular flexibility index (Phi) is 3.60. The summed E-state index contributed by atoms with van der Waals surface area (Å²) in [6, 6.07) is 6.96. The van der Waals surface area contributed by atoms with Gasteiger partial charge in [0.1, 0.15) is 10.6 Å². The Balaban J connectivity index is 2.36. The topological polar surface area (TPSA) is 95.4 Å². The van der Waals surface area contributed by atoms with E-state index >= 15 is 0 Å². The van der Waals surface area contributed by atoms with Gasteiger partial charge in [0, 0.05) is 6.07 Å². The predicted octanol–water partition coefficient (Wildman–Crippen LogP) is 1.99. The molecule has 2 aromatic rings. The number of sulfonamides is 1. The minimum absolute atomic E-state index is 0.0550.